The minimum Gasteiger partial charge on any atom is -0.476 e. The van der Waals surface area contributed by atoms with Gasteiger partial charge >= 0.3 is 0 Å². The van der Waals surface area contributed by atoms with Crippen molar-refractivity contribution in [3.8, 4) is 5.88 Å². The van der Waals surface area contributed by atoms with Crippen LogP contribution in [0.5, 0.6) is 5.88 Å². The molecule has 2 N–H and O–H groups in total. The second-order valence-electron chi connectivity index (χ2n) is 12.1. The van der Waals surface area contributed by atoms with Crippen molar-refractivity contribution in [1.29, 1.82) is 0 Å². The first-order valence-electron chi connectivity index (χ1n) is 16.8. The summed E-state index contributed by atoms with van der Waals surface area (Å²) >= 11 is 0. The number of unbranched alkanes of at least 4 members (excludes halogenated alkanes) is 3. The number of ether oxygens (including phenoxy) is 2. The number of morpholine rings is 1. The molecule has 5 rings (SSSR count). The van der Waals surface area contributed by atoms with E-state index in [1.54, 1.807) is 19.1 Å². The molecule has 0 aliphatic carbocycles. The number of nitrogens with zero attached hydrogens (tertiary/aromatic N) is 3. The number of alkyl halides is 2. The van der Waals surface area contributed by atoms with Gasteiger partial charge in [0.05, 0.1) is 37.6 Å². The molecule has 0 unspecified atom stereocenters. The van der Waals surface area contributed by atoms with Gasteiger partial charge in [-0.25, -0.2) is 8.78 Å². The Kier molecular flexibility index (Phi) is 12.6. The standard InChI is InChI=1S/C34H47F2N5O5S/c1-2-47(42,43)46-21-6-4-3-5-20-45-33-31-25-29(41-18-22-44-23-19-41)10-11-30(31)32(39-40-33)38-17-12-26-8-7-9-28(24-26)34(35,36)27-13-15-37-16-14-27/h7-11,24-25,27,37H,2-6,12-23H2,1H3,(H,38,39). The summed E-state index contributed by atoms with van der Waals surface area (Å²) in [7, 11) is -3.41. The molecule has 1 aromatic heterocycles. The zero-order valence-electron chi connectivity index (χ0n) is 27.2. The molecule has 13 heteroatoms. The molecule has 0 amide bonds. The molecule has 47 heavy (non-hydrogen) atoms. The predicted molar refractivity (Wildman–Crippen MR) is 180 cm³/mol. The number of anilines is 2. The molecular formula is C34H47F2N5O5S. The third-order valence-corrected chi connectivity index (χ3v) is 10.1. The summed E-state index contributed by atoms with van der Waals surface area (Å²) in [6, 6.07) is 13.0. The summed E-state index contributed by atoms with van der Waals surface area (Å²) in [4.78, 5) is 2.27. The maximum absolute atomic E-state index is 15.3. The van der Waals surface area contributed by atoms with E-state index in [1.807, 2.05) is 12.1 Å². The van der Waals surface area contributed by atoms with E-state index in [0.717, 1.165) is 54.4 Å². The zero-order valence-corrected chi connectivity index (χ0v) is 28.0. The Balaban J connectivity index is 1.22. The van der Waals surface area contributed by atoms with E-state index in [0.29, 0.717) is 76.8 Å². The number of halogens is 2. The molecule has 0 bridgehead atoms. The molecule has 0 atom stereocenters. The fourth-order valence-corrected chi connectivity index (χ4v) is 6.59. The summed E-state index contributed by atoms with van der Waals surface area (Å²) in [5.41, 5.74) is 1.98. The number of hydrogen-bond acceptors (Lipinski definition) is 10. The lowest BCUT2D eigenvalue weighted by Gasteiger charge is -2.31. The first kappa shape index (κ1) is 35.2. The van der Waals surface area contributed by atoms with Crippen LogP contribution in [0.25, 0.3) is 10.8 Å². The van der Waals surface area contributed by atoms with Crippen molar-refractivity contribution in [3.63, 3.8) is 0 Å². The van der Waals surface area contributed by atoms with Gasteiger partial charge in [0, 0.05) is 42.2 Å². The summed E-state index contributed by atoms with van der Waals surface area (Å²) in [5.74, 6) is -2.46. The Morgan fingerprint density at radius 2 is 1.77 bits per heavy atom. The van der Waals surface area contributed by atoms with Crippen LogP contribution in [-0.2, 0) is 31.4 Å². The Labute approximate surface area is 276 Å². The van der Waals surface area contributed by atoms with Gasteiger partial charge in [0.2, 0.25) is 5.88 Å². The number of piperidine rings is 1. The van der Waals surface area contributed by atoms with Crippen molar-refractivity contribution in [3.05, 3.63) is 53.6 Å². The number of rotatable bonds is 17. The lowest BCUT2D eigenvalue weighted by Crippen LogP contribution is -2.36. The fourth-order valence-electron chi connectivity index (χ4n) is 6.05. The molecule has 2 aliphatic rings. The van der Waals surface area contributed by atoms with E-state index < -0.39 is 22.0 Å². The molecule has 2 saturated heterocycles. The van der Waals surface area contributed by atoms with E-state index in [2.05, 4.69) is 37.9 Å². The van der Waals surface area contributed by atoms with Crippen LogP contribution in [0, 0.1) is 5.92 Å². The molecular weight excluding hydrogens is 628 g/mol. The molecule has 0 saturated carbocycles. The van der Waals surface area contributed by atoms with Crippen molar-refractivity contribution < 1.29 is 30.9 Å². The van der Waals surface area contributed by atoms with Gasteiger partial charge in [-0.05, 0) is 88.4 Å². The summed E-state index contributed by atoms with van der Waals surface area (Å²) in [6.45, 7) is 6.89. The SMILES string of the molecule is CCS(=O)(=O)OCCCCCCOc1nnc(NCCc2cccc(C(F)(F)C3CCNCC3)c2)c2ccc(N3CCOCC3)cc12. The molecule has 10 nitrogen and oxygen atoms in total. The van der Waals surface area contributed by atoms with Gasteiger partial charge in [-0.15, -0.1) is 10.2 Å². The van der Waals surface area contributed by atoms with E-state index in [9.17, 15) is 8.42 Å². The van der Waals surface area contributed by atoms with E-state index in [4.69, 9.17) is 13.7 Å². The number of fused-ring (bicyclic) bond motifs is 1. The number of aromatic nitrogens is 2. The summed E-state index contributed by atoms with van der Waals surface area (Å²) in [6.07, 6.45) is 4.64. The monoisotopic (exact) mass is 675 g/mol. The number of benzene rings is 2. The van der Waals surface area contributed by atoms with E-state index >= 15 is 8.78 Å². The fraction of sp³-hybridized carbons (Fsp3) is 0.588. The molecule has 0 radical (unpaired) electrons. The van der Waals surface area contributed by atoms with Gasteiger partial charge < -0.3 is 25.0 Å². The molecule has 3 heterocycles. The molecule has 258 valence electrons. The average Bonchev–Trinajstić information content (AvgIpc) is 3.10. The van der Waals surface area contributed by atoms with Crippen LogP contribution in [0.4, 0.5) is 20.3 Å². The van der Waals surface area contributed by atoms with Crippen molar-refractivity contribution in [2.75, 3.05) is 75.1 Å². The predicted octanol–water partition coefficient (Wildman–Crippen LogP) is 5.52. The molecule has 2 aromatic carbocycles. The van der Waals surface area contributed by atoms with Crippen LogP contribution >= 0.6 is 0 Å². The number of nitrogens with one attached hydrogen (secondary N) is 2. The second-order valence-corrected chi connectivity index (χ2v) is 14.1. The van der Waals surface area contributed by atoms with Crippen LogP contribution in [0.1, 0.15) is 56.6 Å². The largest absolute Gasteiger partial charge is 0.476 e. The van der Waals surface area contributed by atoms with Crippen LogP contribution < -0.4 is 20.3 Å². The van der Waals surface area contributed by atoms with Crippen LogP contribution in [0.2, 0.25) is 0 Å². The Morgan fingerprint density at radius 1 is 1.00 bits per heavy atom. The molecule has 2 aliphatic heterocycles. The first-order valence-corrected chi connectivity index (χ1v) is 18.4. The van der Waals surface area contributed by atoms with Crippen molar-refractivity contribution >= 4 is 32.4 Å². The van der Waals surface area contributed by atoms with Crippen LogP contribution in [0.3, 0.4) is 0 Å². The lowest BCUT2D eigenvalue weighted by molar-refractivity contribution is -0.0754. The minimum atomic E-state index is -3.41. The van der Waals surface area contributed by atoms with E-state index in [1.165, 1.54) is 6.07 Å². The van der Waals surface area contributed by atoms with Gasteiger partial charge in [-0.3, -0.25) is 4.18 Å². The van der Waals surface area contributed by atoms with Gasteiger partial charge in [-0.1, -0.05) is 24.6 Å². The summed E-state index contributed by atoms with van der Waals surface area (Å²) < 4.78 is 70.2. The third-order valence-electron chi connectivity index (χ3n) is 8.87. The normalized spacial score (nSPS) is 16.4. The quantitative estimate of drug-likeness (QED) is 0.140. The topological polar surface area (TPSA) is 115 Å². The van der Waals surface area contributed by atoms with Crippen LogP contribution in [-0.4, -0.2) is 83.5 Å². The maximum atomic E-state index is 15.3. The smallest absolute Gasteiger partial charge is 0.276 e. The maximum Gasteiger partial charge on any atom is 0.276 e. The van der Waals surface area contributed by atoms with E-state index in [-0.39, 0.29) is 17.9 Å². The molecule has 2 fully saturated rings. The van der Waals surface area contributed by atoms with Crippen LogP contribution in [0.15, 0.2) is 42.5 Å². The van der Waals surface area contributed by atoms with Gasteiger partial charge in [0.15, 0.2) is 5.82 Å². The molecule has 0 spiro atoms. The van der Waals surface area contributed by atoms with Gasteiger partial charge in [0.25, 0.3) is 16.0 Å². The Morgan fingerprint density at radius 3 is 2.53 bits per heavy atom. The van der Waals surface area contributed by atoms with Crippen molar-refractivity contribution in [1.82, 2.24) is 15.5 Å². The third kappa shape index (κ3) is 9.71. The number of hydrogen-bond donors (Lipinski definition) is 2. The highest BCUT2D eigenvalue weighted by Crippen LogP contribution is 2.40. The summed E-state index contributed by atoms with van der Waals surface area (Å²) in [5, 5.41) is 17.1. The van der Waals surface area contributed by atoms with Gasteiger partial charge in [-0.2, -0.15) is 8.42 Å². The highest BCUT2D eigenvalue weighted by Gasteiger charge is 2.41. The first-order chi connectivity index (χ1) is 22.8. The van der Waals surface area contributed by atoms with Crippen molar-refractivity contribution in [2.45, 2.75) is 57.8 Å². The lowest BCUT2D eigenvalue weighted by atomic mass is 9.86. The zero-order chi connectivity index (χ0) is 33.1. The Hall–Kier alpha value is -3.13. The average molecular weight is 676 g/mol. The highest BCUT2D eigenvalue weighted by molar-refractivity contribution is 7.86. The molecule has 3 aromatic rings. The highest BCUT2D eigenvalue weighted by atomic mass is 32.2. The second kappa shape index (κ2) is 16.8. The Bertz CT molecular complexity index is 1550. The van der Waals surface area contributed by atoms with Crippen molar-refractivity contribution in [2.24, 2.45) is 5.92 Å². The van der Waals surface area contributed by atoms with Gasteiger partial charge in [0.1, 0.15) is 0 Å². The minimum absolute atomic E-state index is 0.0223.